The number of benzene rings is 1. The van der Waals surface area contributed by atoms with Gasteiger partial charge in [0.25, 0.3) is 5.91 Å². The molecule has 6 heteroatoms. The molecule has 128 valence electrons. The fraction of sp³-hybridized carbons (Fsp3) is 0.444. The lowest BCUT2D eigenvalue weighted by atomic mass is 9.87. The van der Waals surface area contributed by atoms with Gasteiger partial charge in [0.05, 0.1) is 17.3 Å². The molecule has 1 aromatic heterocycles. The molecule has 1 saturated carbocycles. The van der Waals surface area contributed by atoms with Crippen molar-refractivity contribution in [1.29, 1.82) is 0 Å². The van der Waals surface area contributed by atoms with Gasteiger partial charge in [0.2, 0.25) is 0 Å². The second-order valence-electron chi connectivity index (χ2n) is 6.19. The van der Waals surface area contributed by atoms with Gasteiger partial charge in [0.15, 0.2) is 0 Å². The monoisotopic (exact) mass is 346 g/mol. The Labute approximate surface area is 145 Å². The smallest absolute Gasteiger partial charge is 0.251 e. The fourth-order valence-electron chi connectivity index (χ4n) is 2.96. The normalized spacial score (nSPS) is 20.5. The van der Waals surface area contributed by atoms with E-state index in [9.17, 15) is 9.90 Å². The van der Waals surface area contributed by atoms with E-state index in [1.165, 1.54) is 11.3 Å². The highest BCUT2D eigenvalue weighted by atomic mass is 32.1. The van der Waals surface area contributed by atoms with Gasteiger partial charge in [-0.1, -0.05) is 6.42 Å². The van der Waals surface area contributed by atoms with Crippen molar-refractivity contribution in [2.75, 3.05) is 6.54 Å². The van der Waals surface area contributed by atoms with Crippen LogP contribution in [-0.2, 0) is 6.61 Å². The Balaban J connectivity index is 1.46. The Morgan fingerprint density at radius 3 is 2.88 bits per heavy atom. The van der Waals surface area contributed by atoms with Gasteiger partial charge in [0.1, 0.15) is 12.4 Å². The Hall–Kier alpha value is -1.92. The van der Waals surface area contributed by atoms with E-state index in [4.69, 9.17) is 4.74 Å². The zero-order valence-electron chi connectivity index (χ0n) is 13.5. The first kappa shape index (κ1) is 16.9. The number of carbonyl (C=O) groups is 1. The lowest BCUT2D eigenvalue weighted by Gasteiger charge is -2.25. The van der Waals surface area contributed by atoms with Crippen molar-refractivity contribution in [3.05, 3.63) is 46.4 Å². The van der Waals surface area contributed by atoms with Gasteiger partial charge in [-0.3, -0.25) is 4.79 Å². The fourth-order valence-corrected chi connectivity index (χ4v) is 3.50. The van der Waals surface area contributed by atoms with Crippen LogP contribution < -0.4 is 10.1 Å². The molecule has 2 N–H and O–H groups in total. The van der Waals surface area contributed by atoms with Crippen molar-refractivity contribution in [3.8, 4) is 5.75 Å². The molecule has 1 aliphatic rings. The first-order valence-electron chi connectivity index (χ1n) is 8.27. The average molecular weight is 346 g/mol. The van der Waals surface area contributed by atoms with E-state index in [2.05, 4.69) is 10.3 Å². The van der Waals surface area contributed by atoms with Crippen LogP contribution in [0.25, 0.3) is 0 Å². The second-order valence-corrected chi connectivity index (χ2v) is 6.91. The summed E-state index contributed by atoms with van der Waals surface area (Å²) in [6.45, 7) is 1.05. The van der Waals surface area contributed by atoms with Gasteiger partial charge in [0, 0.05) is 17.5 Å². The molecular weight excluding hydrogens is 324 g/mol. The number of hydrogen-bond donors (Lipinski definition) is 2. The molecule has 5 nitrogen and oxygen atoms in total. The number of hydrogen-bond acceptors (Lipinski definition) is 5. The molecule has 1 aliphatic carbocycles. The summed E-state index contributed by atoms with van der Waals surface area (Å²) in [4.78, 5) is 16.4. The molecular formula is C18H22N2O3S. The summed E-state index contributed by atoms with van der Waals surface area (Å²) in [5.41, 5.74) is 3.29. The van der Waals surface area contributed by atoms with Crippen LogP contribution in [0, 0.1) is 5.92 Å². The number of nitrogens with one attached hydrogen (secondary N) is 1. The lowest BCUT2D eigenvalue weighted by Crippen LogP contribution is -2.32. The predicted molar refractivity (Wildman–Crippen MR) is 93.2 cm³/mol. The minimum atomic E-state index is -0.213. The van der Waals surface area contributed by atoms with Gasteiger partial charge in [-0.25, -0.2) is 4.98 Å². The Morgan fingerprint density at radius 1 is 1.33 bits per heavy atom. The predicted octanol–water partition coefficient (Wildman–Crippen LogP) is 3.00. The van der Waals surface area contributed by atoms with Crippen molar-refractivity contribution in [3.63, 3.8) is 0 Å². The Bertz CT molecular complexity index is 643. The highest BCUT2D eigenvalue weighted by molar-refractivity contribution is 7.07. The molecule has 2 atom stereocenters. The number of aromatic nitrogens is 1. The van der Waals surface area contributed by atoms with Crippen LogP contribution in [0.15, 0.2) is 35.2 Å². The van der Waals surface area contributed by atoms with Gasteiger partial charge in [-0.2, -0.15) is 0 Å². The molecule has 1 aromatic carbocycles. The summed E-state index contributed by atoms with van der Waals surface area (Å²) in [5, 5.41) is 14.6. The number of aliphatic hydroxyl groups is 1. The maximum absolute atomic E-state index is 12.2. The minimum Gasteiger partial charge on any atom is -0.487 e. The molecule has 24 heavy (non-hydrogen) atoms. The molecule has 0 bridgehead atoms. The van der Waals surface area contributed by atoms with E-state index in [1.54, 1.807) is 29.8 Å². The van der Waals surface area contributed by atoms with Crippen LogP contribution >= 0.6 is 11.3 Å². The third kappa shape index (κ3) is 4.79. The molecule has 2 aromatic rings. The number of nitrogens with zero attached hydrogens (tertiary/aromatic N) is 1. The topological polar surface area (TPSA) is 71.5 Å². The largest absolute Gasteiger partial charge is 0.487 e. The summed E-state index contributed by atoms with van der Waals surface area (Å²) in [6, 6.07) is 7.13. The highest BCUT2D eigenvalue weighted by Gasteiger charge is 2.20. The van der Waals surface area contributed by atoms with E-state index in [-0.39, 0.29) is 12.0 Å². The average Bonchev–Trinajstić information content (AvgIpc) is 3.12. The SMILES string of the molecule is O=C(NCC1CCCC(O)C1)c1ccc(OCc2cscn2)cc1. The molecule has 1 fully saturated rings. The molecule has 3 rings (SSSR count). The van der Waals surface area contributed by atoms with Crippen molar-refractivity contribution >= 4 is 17.2 Å². The van der Waals surface area contributed by atoms with Crippen molar-refractivity contribution in [2.45, 2.75) is 38.4 Å². The Morgan fingerprint density at radius 2 is 2.17 bits per heavy atom. The molecule has 2 unspecified atom stereocenters. The molecule has 0 saturated heterocycles. The van der Waals surface area contributed by atoms with Crippen LogP contribution in [-0.4, -0.2) is 28.6 Å². The molecule has 0 radical (unpaired) electrons. The standard InChI is InChI=1S/C18H22N2O3S/c21-16-3-1-2-13(8-16)9-19-18(22)14-4-6-17(7-5-14)23-10-15-11-24-12-20-15/h4-7,11-13,16,21H,1-3,8-10H2,(H,19,22). The van der Waals surface area contributed by atoms with Crippen molar-refractivity contribution < 1.29 is 14.6 Å². The van der Waals surface area contributed by atoms with Gasteiger partial charge in [-0.05, 0) is 49.4 Å². The summed E-state index contributed by atoms with van der Waals surface area (Å²) >= 11 is 1.54. The van der Waals surface area contributed by atoms with Crippen LogP contribution in [0.2, 0.25) is 0 Å². The zero-order chi connectivity index (χ0) is 16.8. The number of amides is 1. The zero-order valence-corrected chi connectivity index (χ0v) is 14.3. The summed E-state index contributed by atoms with van der Waals surface area (Å²) in [5.74, 6) is 1.01. The lowest BCUT2D eigenvalue weighted by molar-refractivity contribution is 0.0874. The van der Waals surface area contributed by atoms with Crippen LogP contribution in [0.1, 0.15) is 41.7 Å². The molecule has 1 heterocycles. The highest BCUT2D eigenvalue weighted by Crippen LogP contribution is 2.23. The number of carbonyl (C=O) groups excluding carboxylic acids is 1. The summed E-state index contributed by atoms with van der Waals surface area (Å²) in [6.07, 6.45) is 3.55. The summed E-state index contributed by atoms with van der Waals surface area (Å²) in [7, 11) is 0. The van der Waals surface area contributed by atoms with Crippen LogP contribution in [0.5, 0.6) is 5.75 Å². The third-order valence-electron chi connectivity index (χ3n) is 4.29. The van der Waals surface area contributed by atoms with E-state index in [0.717, 1.165) is 37.1 Å². The minimum absolute atomic E-state index is 0.0823. The van der Waals surface area contributed by atoms with Crippen LogP contribution in [0.3, 0.4) is 0 Å². The van der Waals surface area contributed by atoms with Crippen LogP contribution in [0.4, 0.5) is 0 Å². The first-order chi connectivity index (χ1) is 11.7. The van der Waals surface area contributed by atoms with Gasteiger partial charge in [-0.15, -0.1) is 11.3 Å². The van der Waals surface area contributed by atoms with E-state index < -0.39 is 0 Å². The third-order valence-corrected chi connectivity index (χ3v) is 4.93. The van der Waals surface area contributed by atoms with E-state index in [1.807, 2.05) is 5.38 Å². The van der Waals surface area contributed by atoms with E-state index in [0.29, 0.717) is 24.6 Å². The quantitative estimate of drug-likeness (QED) is 0.843. The molecule has 0 aliphatic heterocycles. The number of ether oxygens (including phenoxy) is 1. The van der Waals surface area contributed by atoms with Gasteiger partial charge >= 0.3 is 0 Å². The summed E-state index contributed by atoms with van der Waals surface area (Å²) < 4.78 is 5.64. The molecule has 0 spiro atoms. The maximum Gasteiger partial charge on any atom is 0.251 e. The maximum atomic E-state index is 12.2. The number of thiazole rings is 1. The number of rotatable bonds is 6. The number of aliphatic hydroxyl groups excluding tert-OH is 1. The first-order valence-corrected chi connectivity index (χ1v) is 9.21. The van der Waals surface area contributed by atoms with Crippen molar-refractivity contribution in [1.82, 2.24) is 10.3 Å². The van der Waals surface area contributed by atoms with E-state index >= 15 is 0 Å². The second kappa shape index (κ2) is 8.26. The molecule has 1 amide bonds. The van der Waals surface area contributed by atoms with Gasteiger partial charge < -0.3 is 15.2 Å². The Kier molecular flexibility index (Phi) is 5.82. The van der Waals surface area contributed by atoms with Crippen molar-refractivity contribution in [2.24, 2.45) is 5.92 Å².